The summed E-state index contributed by atoms with van der Waals surface area (Å²) in [7, 11) is 0. The van der Waals surface area contributed by atoms with Crippen LogP contribution < -0.4 is 0 Å². The first-order valence-corrected chi connectivity index (χ1v) is 12.1. The number of carboxylic acids is 1. The smallest absolute Gasteiger partial charge is 0.410 e. The molecule has 2 unspecified atom stereocenters. The van der Waals surface area contributed by atoms with Gasteiger partial charge in [-0.2, -0.15) is 5.10 Å². The number of aromatic carboxylic acids is 1. The molecule has 1 aromatic heterocycles. The zero-order valence-electron chi connectivity index (χ0n) is 20.6. The van der Waals surface area contributed by atoms with E-state index >= 15 is 0 Å². The molecule has 1 aliphatic rings. The average molecular weight is 476 g/mol. The molecule has 3 aromatic rings. The molecule has 0 aliphatic heterocycles. The summed E-state index contributed by atoms with van der Waals surface area (Å²) in [4.78, 5) is 25.9. The van der Waals surface area contributed by atoms with Gasteiger partial charge in [-0.05, 0) is 63.3 Å². The van der Waals surface area contributed by atoms with E-state index in [1.165, 1.54) is 5.56 Å². The SMILES string of the molecule is CC(C)(C)OC(=O)N(Cc1cnn(CCCc2ccc(C(=O)O)cc2)c1)C1CC1c1ccccc1. The summed E-state index contributed by atoms with van der Waals surface area (Å²) in [5.41, 5.74) is 3.06. The van der Waals surface area contributed by atoms with Gasteiger partial charge in [0.2, 0.25) is 0 Å². The predicted octanol–water partition coefficient (Wildman–Crippen LogP) is 5.51. The normalized spacial score (nSPS) is 17.1. The van der Waals surface area contributed by atoms with Crippen molar-refractivity contribution < 1.29 is 19.4 Å². The Morgan fingerprint density at radius 2 is 1.80 bits per heavy atom. The molecule has 0 saturated heterocycles. The molecule has 1 N–H and O–H groups in total. The number of carbonyl (C=O) groups is 2. The summed E-state index contributed by atoms with van der Waals surface area (Å²) < 4.78 is 7.62. The number of aromatic nitrogens is 2. The Kier molecular flexibility index (Phi) is 7.24. The zero-order valence-corrected chi connectivity index (χ0v) is 20.6. The Hall–Kier alpha value is -3.61. The molecule has 7 heteroatoms. The molecule has 4 rings (SSSR count). The second kappa shape index (κ2) is 10.3. The van der Waals surface area contributed by atoms with Crippen molar-refractivity contribution in [3.8, 4) is 0 Å². The number of hydrogen-bond acceptors (Lipinski definition) is 4. The predicted molar refractivity (Wildman–Crippen MR) is 133 cm³/mol. The zero-order chi connectivity index (χ0) is 25.0. The number of carboxylic acid groups (broad SMARTS) is 1. The Bertz CT molecular complexity index is 1150. The molecular weight excluding hydrogens is 442 g/mol. The maximum absolute atomic E-state index is 13.1. The van der Waals surface area contributed by atoms with Crippen molar-refractivity contribution in [3.63, 3.8) is 0 Å². The number of hydrogen-bond donors (Lipinski definition) is 1. The summed E-state index contributed by atoms with van der Waals surface area (Å²) in [6, 6.07) is 17.4. The Balaban J connectivity index is 1.36. The maximum Gasteiger partial charge on any atom is 0.410 e. The highest BCUT2D eigenvalue weighted by molar-refractivity contribution is 5.87. The Morgan fingerprint density at radius 1 is 1.09 bits per heavy atom. The van der Waals surface area contributed by atoms with E-state index in [0.717, 1.165) is 36.9 Å². The molecule has 184 valence electrons. The van der Waals surface area contributed by atoms with Crippen LogP contribution in [-0.4, -0.2) is 43.5 Å². The number of aryl methyl sites for hydroxylation is 2. The van der Waals surface area contributed by atoms with Gasteiger partial charge in [0, 0.05) is 30.3 Å². The number of benzene rings is 2. The lowest BCUT2D eigenvalue weighted by Gasteiger charge is -2.27. The minimum Gasteiger partial charge on any atom is -0.478 e. The number of nitrogens with zero attached hydrogens (tertiary/aromatic N) is 3. The van der Waals surface area contributed by atoms with Crippen molar-refractivity contribution in [2.24, 2.45) is 0 Å². The van der Waals surface area contributed by atoms with E-state index in [9.17, 15) is 9.59 Å². The molecule has 1 heterocycles. The number of carbonyl (C=O) groups excluding carboxylic acids is 1. The lowest BCUT2D eigenvalue weighted by molar-refractivity contribution is 0.0212. The molecule has 1 saturated carbocycles. The van der Waals surface area contributed by atoms with Gasteiger partial charge in [0.15, 0.2) is 0 Å². The van der Waals surface area contributed by atoms with Crippen LogP contribution in [-0.2, 0) is 24.2 Å². The van der Waals surface area contributed by atoms with Crippen LogP contribution in [0.25, 0.3) is 0 Å². The summed E-state index contributed by atoms with van der Waals surface area (Å²) in [5.74, 6) is -0.589. The minimum atomic E-state index is -0.915. The lowest BCUT2D eigenvalue weighted by atomic mass is 10.1. The molecular formula is C28H33N3O4. The monoisotopic (exact) mass is 475 g/mol. The van der Waals surface area contributed by atoms with Crippen LogP contribution in [0, 0.1) is 0 Å². The van der Waals surface area contributed by atoms with Gasteiger partial charge >= 0.3 is 12.1 Å². The van der Waals surface area contributed by atoms with E-state index in [2.05, 4.69) is 17.2 Å². The largest absolute Gasteiger partial charge is 0.478 e. The first kappa shape index (κ1) is 24.5. The third-order valence-electron chi connectivity index (χ3n) is 6.11. The van der Waals surface area contributed by atoms with Gasteiger partial charge in [0.1, 0.15) is 5.60 Å². The fourth-order valence-electron chi connectivity index (χ4n) is 4.29. The summed E-state index contributed by atoms with van der Waals surface area (Å²) >= 11 is 0. The second-order valence-corrected chi connectivity index (χ2v) is 10.1. The van der Waals surface area contributed by atoms with E-state index in [1.54, 1.807) is 12.1 Å². The molecule has 0 spiro atoms. The lowest BCUT2D eigenvalue weighted by Crippen LogP contribution is -2.38. The average Bonchev–Trinajstić information content (AvgIpc) is 3.48. The third kappa shape index (κ3) is 6.72. The van der Waals surface area contributed by atoms with Crippen molar-refractivity contribution in [1.29, 1.82) is 0 Å². The number of ether oxygens (including phenoxy) is 1. The van der Waals surface area contributed by atoms with E-state index in [-0.39, 0.29) is 12.1 Å². The van der Waals surface area contributed by atoms with Crippen molar-refractivity contribution in [2.75, 3.05) is 0 Å². The molecule has 0 radical (unpaired) electrons. The molecule has 1 amide bonds. The van der Waals surface area contributed by atoms with Crippen LogP contribution >= 0.6 is 0 Å². The van der Waals surface area contributed by atoms with Crippen LogP contribution in [0.2, 0.25) is 0 Å². The second-order valence-electron chi connectivity index (χ2n) is 10.1. The molecule has 1 aliphatic carbocycles. The number of amides is 1. The fraction of sp³-hybridized carbons (Fsp3) is 0.393. The molecule has 0 bridgehead atoms. The van der Waals surface area contributed by atoms with Gasteiger partial charge in [-0.3, -0.25) is 4.68 Å². The topological polar surface area (TPSA) is 84.7 Å². The van der Waals surface area contributed by atoms with Crippen LogP contribution in [0.15, 0.2) is 67.0 Å². The quantitative estimate of drug-likeness (QED) is 0.441. The summed E-state index contributed by atoms with van der Waals surface area (Å²) in [5, 5.41) is 13.5. The summed E-state index contributed by atoms with van der Waals surface area (Å²) in [6.07, 6.45) is 6.16. The van der Waals surface area contributed by atoms with Crippen LogP contribution in [0.5, 0.6) is 0 Å². The van der Waals surface area contributed by atoms with Crippen molar-refractivity contribution >= 4 is 12.1 Å². The van der Waals surface area contributed by atoms with Crippen molar-refractivity contribution in [2.45, 2.75) is 70.7 Å². The molecule has 35 heavy (non-hydrogen) atoms. The van der Waals surface area contributed by atoms with Crippen molar-refractivity contribution in [3.05, 3.63) is 89.2 Å². The first-order valence-electron chi connectivity index (χ1n) is 12.1. The van der Waals surface area contributed by atoms with Crippen molar-refractivity contribution in [1.82, 2.24) is 14.7 Å². The van der Waals surface area contributed by atoms with Gasteiger partial charge in [0.05, 0.1) is 18.3 Å². The highest BCUT2D eigenvalue weighted by atomic mass is 16.6. The van der Waals surface area contributed by atoms with E-state index in [1.807, 2.05) is 73.1 Å². The van der Waals surface area contributed by atoms with Crippen LogP contribution in [0.3, 0.4) is 0 Å². The third-order valence-corrected chi connectivity index (χ3v) is 6.11. The van der Waals surface area contributed by atoms with E-state index in [4.69, 9.17) is 9.84 Å². The Morgan fingerprint density at radius 3 is 2.46 bits per heavy atom. The molecule has 2 aromatic carbocycles. The van der Waals surface area contributed by atoms with Gasteiger partial charge in [-0.1, -0.05) is 42.5 Å². The molecule has 1 fully saturated rings. The van der Waals surface area contributed by atoms with Crippen LogP contribution in [0.4, 0.5) is 4.79 Å². The van der Waals surface area contributed by atoms with E-state index < -0.39 is 11.6 Å². The van der Waals surface area contributed by atoms with E-state index in [0.29, 0.717) is 18.0 Å². The van der Waals surface area contributed by atoms with Crippen LogP contribution in [0.1, 0.15) is 66.6 Å². The standard InChI is InChI=1S/C28H33N3O4/c1-28(2,3)35-27(34)31(25-16-24(25)22-9-5-4-6-10-22)19-21-17-29-30(18-21)15-7-8-20-11-13-23(14-12-20)26(32)33/h4-6,9-14,17-18,24-25H,7-8,15-16,19H2,1-3H3,(H,32,33). The van der Waals surface area contributed by atoms with Gasteiger partial charge in [-0.15, -0.1) is 0 Å². The molecule has 7 nitrogen and oxygen atoms in total. The highest BCUT2D eigenvalue weighted by Gasteiger charge is 2.46. The van der Waals surface area contributed by atoms with Gasteiger partial charge in [-0.25, -0.2) is 9.59 Å². The fourth-order valence-corrected chi connectivity index (χ4v) is 4.29. The maximum atomic E-state index is 13.1. The van der Waals surface area contributed by atoms with Gasteiger partial charge in [0.25, 0.3) is 0 Å². The number of rotatable bonds is 9. The highest BCUT2D eigenvalue weighted by Crippen LogP contribution is 2.45. The summed E-state index contributed by atoms with van der Waals surface area (Å²) in [6.45, 7) is 6.86. The first-order chi connectivity index (χ1) is 16.7. The Labute approximate surface area is 206 Å². The minimum absolute atomic E-state index is 0.115. The van der Waals surface area contributed by atoms with Gasteiger partial charge < -0.3 is 14.7 Å². The molecule has 2 atom stereocenters.